The highest BCUT2D eigenvalue weighted by Crippen LogP contribution is 2.39. The highest BCUT2D eigenvalue weighted by molar-refractivity contribution is 7.99. The molecule has 19 heavy (non-hydrogen) atoms. The van der Waals surface area contributed by atoms with Gasteiger partial charge in [0.15, 0.2) is 5.69 Å². The summed E-state index contributed by atoms with van der Waals surface area (Å²) in [4.78, 5) is 10.9. The Balaban J connectivity index is 2.39. The Labute approximate surface area is 115 Å². The van der Waals surface area contributed by atoms with Crippen molar-refractivity contribution in [3.63, 3.8) is 0 Å². The van der Waals surface area contributed by atoms with Gasteiger partial charge in [0, 0.05) is 17.3 Å². The van der Waals surface area contributed by atoms with Crippen LogP contribution in [-0.4, -0.2) is 15.0 Å². The molecule has 0 spiro atoms. The Morgan fingerprint density at radius 1 is 1.21 bits per heavy atom. The minimum Gasteiger partial charge on any atom is -0.383 e. The highest BCUT2D eigenvalue weighted by Gasteiger charge is 2.35. The maximum atomic E-state index is 12.8. The van der Waals surface area contributed by atoms with E-state index >= 15 is 0 Å². The summed E-state index contributed by atoms with van der Waals surface area (Å²) in [5.41, 5.74) is 4.59. The van der Waals surface area contributed by atoms with Crippen molar-refractivity contribution in [3.8, 4) is 0 Å². The van der Waals surface area contributed by atoms with Gasteiger partial charge in [0.25, 0.3) is 0 Å². The lowest BCUT2D eigenvalue weighted by Gasteiger charge is -2.11. The van der Waals surface area contributed by atoms with Gasteiger partial charge < -0.3 is 5.73 Å². The van der Waals surface area contributed by atoms with Crippen molar-refractivity contribution in [1.29, 1.82) is 0 Å². The third-order valence-corrected chi connectivity index (χ3v) is 3.28. The van der Waals surface area contributed by atoms with Crippen LogP contribution in [0.2, 0.25) is 5.28 Å². The largest absolute Gasteiger partial charge is 0.434 e. The molecule has 2 N–H and O–H groups in total. The molecule has 2 aromatic heterocycles. The van der Waals surface area contributed by atoms with Crippen LogP contribution < -0.4 is 5.73 Å². The SMILES string of the molecule is Nc1nc(Cl)ncc1Sc1cccnc1C(F)(F)F. The Morgan fingerprint density at radius 3 is 2.58 bits per heavy atom. The van der Waals surface area contributed by atoms with E-state index in [0.29, 0.717) is 0 Å². The summed E-state index contributed by atoms with van der Waals surface area (Å²) in [7, 11) is 0. The monoisotopic (exact) mass is 306 g/mol. The maximum absolute atomic E-state index is 12.8. The second-order valence-corrected chi connectivity index (χ2v) is 4.76. The third-order valence-electron chi connectivity index (χ3n) is 2.01. The molecule has 2 heterocycles. The third kappa shape index (κ3) is 3.27. The van der Waals surface area contributed by atoms with E-state index in [1.807, 2.05) is 0 Å². The molecule has 0 saturated heterocycles. The first-order valence-corrected chi connectivity index (χ1v) is 6.05. The molecule has 0 aliphatic rings. The van der Waals surface area contributed by atoms with Crippen LogP contribution in [0.1, 0.15) is 5.69 Å². The number of halogens is 4. The van der Waals surface area contributed by atoms with Crippen LogP contribution in [0.4, 0.5) is 19.0 Å². The zero-order chi connectivity index (χ0) is 14.0. The molecule has 0 amide bonds. The van der Waals surface area contributed by atoms with Gasteiger partial charge in [0.1, 0.15) is 5.82 Å². The Kier molecular flexibility index (Phi) is 3.81. The van der Waals surface area contributed by atoms with Crippen molar-refractivity contribution < 1.29 is 13.2 Å². The van der Waals surface area contributed by atoms with E-state index in [1.165, 1.54) is 18.3 Å². The summed E-state index contributed by atoms with van der Waals surface area (Å²) < 4.78 is 38.3. The van der Waals surface area contributed by atoms with Gasteiger partial charge in [-0.05, 0) is 23.7 Å². The second-order valence-electron chi connectivity index (χ2n) is 3.34. The molecule has 2 rings (SSSR count). The average molecular weight is 307 g/mol. The lowest BCUT2D eigenvalue weighted by molar-refractivity contribution is -0.143. The van der Waals surface area contributed by atoms with Gasteiger partial charge in [0.2, 0.25) is 5.28 Å². The van der Waals surface area contributed by atoms with Gasteiger partial charge in [-0.1, -0.05) is 11.8 Å². The molecule has 0 radical (unpaired) electrons. The van der Waals surface area contributed by atoms with E-state index in [4.69, 9.17) is 17.3 Å². The highest BCUT2D eigenvalue weighted by atomic mass is 35.5. The van der Waals surface area contributed by atoms with Gasteiger partial charge in [-0.3, -0.25) is 4.98 Å². The summed E-state index contributed by atoms with van der Waals surface area (Å²) in [5, 5.41) is -0.0657. The van der Waals surface area contributed by atoms with E-state index < -0.39 is 11.9 Å². The number of hydrogen-bond acceptors (Lipinski definition) is 5. The predicted molar refractivity (Wildman–Crippen MR) is 64.8 cm³/mol. The quantitative estimate of drug-likeness (QED) is 0.863. The molecule has 0 bridgehead atoms. The summed E-state index contributed by atoms with van der Waals surface area (Å²) >= 11 is 6.31. The number of hydrogen-bond donors (Lipinski definition) is 1. The van der Waals surface area contributed by atoms with E-state index in [-0.39, 0.29) is 20.9 Å². The molecule has 0 aliphatic heterocycles. The maximum Gasteiger partial charge on any atom is 0.434 e. The first kappa shape index (κ1) is 13.9. The fourth-order valence-electron chi connectivity index (χ4n) is 1.24. The van der Waals surface area contributed by atoms with Crippen molar-refractivity contribution in [2.75, 3.05) is 5.73 Å². The number of aromatic nitrogens is 3. The molecule has 4 nitrogen and oxygen atoms in total. The summed E-state index contributed by atoms with van der Waals surface area (Å²) in [5.74, 6) is 0.0157. The van der Waals surface area contributed by atoms with Gasteiger partial charge in [0.05, 0.1) is 4.90 Å². The molecule has 0 atom stereocenters. The molecule has 100 valence electrons. The molecule has 0 aliphatic carbocycles. The van der Waals surface area contributed by atoms with Gasteiger partial charge >= 0.3 is 6.18 Å². The van der Waals surface area contributed by atoms with Gasteiger partial charge in [-0.25, -0.2) is 4.98 Å². The first-order chi connectivity index (χ1) is 8.88. The Bertz CT molecular complexity index is 606. The number of nitrogens with zero attached hydrogens (tertiary/aromatic N) is 3. The number of nitrogen functional groups attached to an aromatic ring is 1. The predicted octanol–water partition coefficient (Wildman–Crippen LogP) is 3.28. The Hall–Kier alpha value is -1.54. The average Bonchev–Trinajstić information content (AvgIpc) is 2.32. The van der Waals surface area contributed by atoms with Crippen LogP contribution in [0.5, 0.6) is 0 Å². The zero-order valence-electron chi connectivity index (χ0n) is 9.15. The van der Waals surface area contributed by atoms with Crippen LogP contribution in [0.25, 0.3) is 0 Å². The van der Waals surface area contributed by atoms with Gasteiger partial charge in [-0.2, -0.15) is 18.2 Å². The molecular formula is C10H6ClF3N4S. The molecule has 0 unspecified atom stereocenters. The summed E-state index contributed by atoms with van der Waals surface area (Å²) in [6.07, 6.45) is -2.19. The second kappa shape index (κ2) is 5.22. The smallest absolute Gasteiger partial charge is 0.383 e. The molecule has 0 saturated carbocycles. The van der Waals surface area contributed by atoms with Crippen LogP contribution in [0, 0.1) is 0 Å². The number of pyridine rings is 1. The van der Waals surface area contributed by atoms with Crippen molar-refractivity contribution in [2.45, 2.75) is 16.0 Å². The van der Waals surface area contributed by atoms with Crippen LogP contribution in [0.15, 0.2) is 34.3 Å². The number of anilines is 1. The van der Waals surface area contributed by atoms with E-state index in [2.05, 4.69) is 15.0 Å². The molecule has 0 fully saturated rings. The topological polar surface area (TPSA) is 64.7 Å². The zero-order valence-corrected chi connectivity index (χ0v) is 10.7. The van der Waals surface area contributed by atoms with E-state index in [1.54, 1.807) is 0 Å². The molecule has 9 heteroatoms. The van der Waals surface area contributed by atoms with Gasteiger partial charge in [-0.15, -0.1) is 0 Å². The van der Waals surface area contributed by atoms with Crippen molar-refractivity contribution >= 4 is 29.2 Å². The standard InChI is InChI=1S/C10H6ClF3N4S/c11-9-17-4-6(8(15)18-9)19-5-2-1-3-16-7(5)10(12,13)14/h1-4H,(H2,15,17,18). The fourth-order valence-corrected chi connectivity index (χ4v) is 2.29. The molecular weight excluding hydrogens is 301 g/mol. The van der Waals surface area contributed by atoms with Crippen LogP contribution in [0.3, 0.4) is 0 Å². The lowest BCUT2D eigenvalue weighted by Crippen LogP contribution is -2.09. The van der Waals surface area contributed by atoms with Crippen LogP contribution >= 0.6 is 23.4 Å². The Morgan fingerprint density at radius 2 is 1.95 bits per heavy atom. The van der Waals surface area contributed by atoms with Crippen LogP contribution in [-0.2, 0) is 6.18 Å². The van der Waals surface area contributed by atoms with Crippen molar-refractivity contribution in [2.24, 2.45) is 0 Å². The number of rotatable bonds is 2. The van der Waals surface area contributed by atoms with Crippen molar-refractivity contribution in [3.05, 3.63) is 35.5 Å². The van der Waals surface area contributed by atoms with E-state index in [9.17, 15) is 13.2 Å². The molecule has 0 aromatic carbocycles. The minimum atomic E-state index is -4.54. The number of nitrogens with two attached hydrogens (primary N) is 1. The van der Waals surface area contributed by atoms with E-state index in [0.717, 1.165) is 18.0 Å². The normalized spacial score (nSPS) is 11.6. The number of alkyl halides is 3. The lowest BCUT2D eigenvalue weighted by atomic mass is 10.3. The van der Waals surface area contributed by atoms with Crippen molar-refractivity contribution in [1.82, 2.24) is 15.0 Å². The molecule has 2 aromatic rings. The first-order valence-electron chi connectivity index (χ1n) is 4.86. The summed E-state index contributed by atoms with van der Waals surface area (Å²) in [6, 6.07) is 2.71. The minimum absolute atomic E-state index is 0.0157. The summed E-state index contributed by atoms with van der Waals surface area (Å²) in [6.45, 7) is 0. The fraction of sp³-hybridized carbons (Fsp3) is 0.100.